The number of likely N-dealkylation sites (N-methyl/N-ethyl adjacent to an activating group) is 1. The first-order chi connectivity index (χ1) is 8.78. The van der Waals surface area contributed by atoms with Crippen LogP contribution in [-0.4, -0.2) is 41.8 Å². The molecule has 0 heterocycles. The minimum Gasteiger partial charge on any atom is -0.389 e. The van der Waals surface area contributed by atoms with Crippen LogP contribution in [0.2, 0.25) is 0 Å². The van der Waals surface area contributed by atoms with Crippen LogP contribution in [0, 0.1) is 6.92 Å². The van der Waals surface area contributed by atoms with Crippen LogP contribution in [0.1, 0.15) is 25.0 Å². The Hall–Kier alpha value is -1.55. The van der Waals surface area contributed by atoms with Crippen molar-refractivity contribution >= 4 is 6.03 Å². The number of carbonyl (C=O) groups excluding carboxylic acids is 1. The van der Waals surface area contributed by atoms with E-state index in [9.17, 15) is 9.90 Å². The zero-order valence-electron chi connectivity index (χ0n) is 12.2. The molecule has 0 bridgehead atoms. The lowest BCUT2D eigenvalue weighted by Crippen LogP contribution is -2.45. The van der Waals surface area contributed by atoms with Crippen LogP contribution in [0.15, 0.2) is 24.3 Å². The van der Waals surface area contributed by atoms with E-state index in [2.05, 4.69) is 36.5 Å². The minimum absolute atomic E-state index is 0.158. The van der Waals surface area contributed by atoms with Crippen LogP contribution in [0.5, 0.6) is 0 Å². The molecule has 0 aliphatic carbocycles. The zero-order chi connectivity index (χ0) is 14.5. The average molecular weight is 264 g/mol. The highest BCUT2D eigenvalue weighted by Crippen LogP contribution is 2.04. The summed E-state index contributed by atoms with van der Waals surface area (Å²) in [4.78, 5) is 13.3. The van der Waals surface area contributed by atoms with Gasteiger partial charge in [0.2, 0.25) is 0 Å². The average Bonchev–Trinajstić information content (AvgIpc) is 2.29. The van der Waals surface area contributed by atoms with E-state index in [0.717, 1.165) is 6.42 Å². The fourth-order valence-electron chi connectivity index (χ4n) is 1.86. The second-order valence-corrected chi connectivity index (χ2v) is 5.64. The molecule has 4 nitrogen and oxygen atoms in total. The number of urea groups is 1. The summed E-state index contributed by atoms with van der Waals surface area (Å²) >= 11 is 0. The molecule has 1 aromatic carbocycles. The van der Waals surface area contributed by atoms with Crippen LogP contribution >= 0.6 is 0 Å². The van der Waals surface area contributed by atoms with Gasteiger partial charge in [-0.1, -0.05) is 29.8 Å². The molecule has 0 atom stereocenters. The van der Waals surface area contributed by atoms with Crippen molar-refractivity contribution in [3.8, 4) is 0 Å². The SMILES string of the molecule is Cc1ccc(CCNC(=O)N(C)CC(C)(C)O)cc1. The highest BCUT2D eigenvalue weighted by Gasteiger charge is 2.18. The molecule has 0 saturated heterocycles. The van der Waals surface area contributed by atoms with Crippen LogP contribution in [0.3, 0.4) is 0 Å². The molecule has 2 N–H and O–H groups in total. The fourth-order valence-corrected chi connectivity index (χ4v) is 1.86. The van der Waals surface area contributed by atoms with E-state index in [0.29, 0.717) is 13.1 Å². The largest absolute Gasteiger partial charge is 0.389 e. The van der Waals surface area contributed by atoms with Gasteiger partial charge >= 0.3 is 6.03 Å². The summed E-state index contributed by atoms with van der Waals surface area (Å²) in [6.07, 6.45) is 0.808. The highest BCUT2D eigenvalue weighted by molar-refractivity contribution is 5.73. The molecule has 19 heavy (non-hydrogen) atoms. The molecule has 106 valence electrons. The van der Waals surface area contributed by atoms with Gasteiger partial charge < -0.3 is 15.3 Å². The van der Waals surface area contributed by atoms with Crippen molar-refractivity contribution in [3.05, 3.63) is 35.4 Å². The normalized spacial score (nSPS) is 11.2. The van der Waals surface area contributed by atoms with Crippen molar-refractivity contribution in [1.82, 2.24) is 10.2 Å². The molecule has 0 aliphatic rings. The van der Waals surface area contributed by atoms with E-state index in [4.69, 9.17) is 0 Å². The smallest absolute Gasteiger partial charge is 0.317 e. The number of aliphatic hydroxyl groups is 1. The Labute approximate surface area is 115 Å². The number of carbonyl (C=O) groups is 1. The number of hydrogen-bond acceptors (Lipinski definition) is 2. The number of rotatable bonds is 5. The molecular weight excluding hydrogens is 240 g/mol. The Morgan fingerprint density at radius 1 is 1.32 bits per heavy atom. The van der Waals surface area contributed by atoms with Crippen molar-refractivity contribution in [2.24, 2.45) is 0 Å². The molecule has 0 fully saturated rings. The number of nitrogens with one attached hydrogen (secondary N) is 1. The van der Waals surface area contributed by atoms with Gasteiger partial charge in [0.1, 0.15) is 0 Å². The number of aryl methyl sites for hydroxylation is 1. The lowest BCUT2D eigenvalue weighted by molar-refractivity contribution is 0.0532. The maximum Gasteiger partial charge on any atom is 0.317 e. The minimum atomic E-state index is -0.872. The molecule has 0 unspecified atom stereocenters. The quantitative estimate of drug-likeness (QED) is 0.854. The number of benzene rings is 1. The Balaban J connectivity index is 2.32. The standard InChI is InChI=1S/C15H24N2O2/c1-12-5-7-13(8-6-12)9-10-16-14(18)17(4)11-15(2,3)19/h5-8,19H,9-11H2,1-4H3,(H,16,18). The van der Waals surface area contributed by atoms with Gasteiger partial charge in [0.25, 0.3) is 0 Å². The molecule has 0 aromatic heterocycles. The molecule has 0 aliphatic heterocycles. The summed E-state index contributed by atoms with van der Waals surface area (Å²) in [6, 6.07) is 8.12. The monoisotopic (exact) mass is 264 g/mol. The van der Waals surface area contributed by atoms with Gasteiger partial charge in [0.15, 0.2) is 0 Å². The second kappa shape index (κ2) is 6.57. The van der Waals surface area contributed by atoms with Gasteiger partial charge in [-0.15, -0.1) is 0 Å². The van der Waals surface area contributed by atoms with Crippen molar-refractivity contribution in [3.63, 3.8) is 0 Å². The maximum absolute atomic E-state index is 11.8. The van der Waals surface area contributed by atoms with Crippen LogP contribution in [0.25, 0.3) is 0 Å². The van der Waals surface area contributed by atoms with E-state index in [1.165, 1.54) is 16.0 Å². The Kier molecular flexibility index (Phi) is 5.36. The number of nitrogens with zero attached hydrogens (tertiary/aromatic N) is 1. The predicted octanol–water partition coefficient (Wildman–Crippen LogP) is 1.95. The lowest BCUT2D eigenvalue weighted by Gasteiger charge is -2.25. The second-order valence-electron chi connectivity index (χ2n) is 5.64. The summed E-state index contributed by atoms with van der Waals surface area (Å²) in [5.41, 5.74) is 1.57. The topological polar surface area (TPSA) is 52.6 Å². The number of hydrogen-bond donors (Lipinski definition) is 2. The van der Waals surface area contributed by atoms with Gasteiger partial charge in [0.05, 0.1) is 12.1 Å². The zero-order valence-corrected chi connectivity index (χ0v) is 12.2. The summed E-state index contributed by atoms with van der Waals surface area (Å²) in [5, 5.41) is 12.5. The molecule has 1 aromatic rings. The molecule has 2 amide bonds. The fraction of sp³-hybridized carbons (Fsp3) is 0.533. The van der Waals surface area contributed by atoms with E-state index < -0.39 is 5.60 Å². The lowest BCUT2D eigenvalue weighted by atomic mass is 10.1. The van der Waals surface area contributed by atoms with Crippen LogP contribution < -0.4 is 5.32 Å². The van der Waals surface area contributed by atoms with Crippen LogP contribution in [-0.2, 0) is 6.42 Å². The van der Waals surface area contributed by atoms with Gasteiger partial charge in [0, 0.05) is 13.6 Å². The van der Waals surface area contributed by atoms with E-state index in [-0.39, 0.29) is 6.03 Å². The van der Waals surface area contributed by atoms with Crippen molar-refractivity contribution in [2.75, 3.05) is 20.1 Å². The van der Waals surface area contributed by atoms with Gasteiger partial charge in [-0.3, -0.25) is 0 Å². The van der Waals surface area contributed by atoms with Crippen molar-refractivity contribution in [1.29, 1.82) is 0 Å². The van der Waals surface area contributed by atoms with E-state index in [1.807, 2.05) is 0 Å². The first kappa shape index (κ1) is 15.5. The molecular formula is C15H24N2O2. The highest BCUT2D eigenvalue weighted by atomic mass is 16.3. The van der Waals surface area contributed by atoms with Gasteiger partial charge in [-0.05, 0) is 32.8 Å². The van der Waals surface area contributed by atoms with Gasteiger partial charge in [-0.25, -0.2) is 4.79 Å². The number of amides is 2. The third kappa shape index (κ3) is 6.25. The third-order valence-electron chi connectivity index (χ3n) is 2.78. The summed E-state index contributed by atoms with van der Waals surface area (Å²) in [7, 11) is 1.68. The van der Waals surface area contributed by atoms with E-state index in [1.54, 1.807) is 20.9 Å². The third-order valence-corrected chi connectivity index (χ3v) is 2.78. The molecule has 0 spiro atoms. The van der Waals surface area contributed by atoms with E-state index >= 15 is 0 Å². The first-order valence-electron chi connectivity index (χ1n) is 6.55. The maximum atomic E-state index is 11.8. The summed E-state index contributed by atoms with van der Waals surface area (Å²) in [6.45, 7) is 6.32. The van der Waals surface area contributed by atoms with Crippen LogP contribution in [0.4, 0.5) is 4.79 Å². The van der Waals surface area contributed by atoms with Crippen molar-refractivity contribution < 1.29 is 9.90 Å². The van der Waals surface area contributed by atoms with Crippen molar-refractivity contribution in [2.45, 2.75) is 32.8 Å². The molecule has 0 saturated carbocycles. The van der Waals surface area contributed by atoms with Gasteiger partial charge in [-0.2, -0.15) is 0 Å². The molecule has 1 rings (SSSR count). The summed E-state index contributed by atoms with van der Waals surface area (Å²) in [5.74, 6) is 0. The Morgan fingerprint density at radius 2 is 1.89 bits per heavy atom. The molecule has 0 radical (unpaired) electrons. The summed E-state index contributed by atoms with van der Waals surface area (Å²) < 4.78 is 0. The first-order valence-corrected chi connectivity index (χ1v) is 6.55. The Morgan fingerprint density at radius 3 is 2.42 bits per heavy atom. The molecule has 4 heteroatoms. The predicted molar refractivity (Wildman–Crippen MR) is 77.2 cm³/mol. The Bertz CT molecular complexity index is 407.